The van der Waals surface area contributed by atoms with Crippen LogP contribution in [0.4, 0.5) is 4.39 Å². The molecule has 1 N–H and O–H groups in total. The molecule has 5 heteroatoms. The van der Waals surface area contributed by atoms with Crippen LogP contribution in [0, 0.1) is 5.82 Å². The highest BCUT2D eigenvalue weighted by Crippen LogP contribution is 2.30. The summed E-state index contributed by atoms with van der Waals surface area (Å²) in [4.78, 5) is 14.1. The zero-order valence-corrected chi connectivity index (χ0v) is 12.2. The Kier molecular flexibility index (Phi) is 3.50. The highest BCUT2D eigenvalue weighted by molar-refractivity contribution is 5.97. The number of phenolic OH excluding ortho intramolecular Hbond substituents is 1. The molecule has 1 amide bonds. The Hall–Kier alpha value is -1.62. The van der Waals surface area contributed by atoms with Crippen molar-refractivity contribution in [2.24, 2.45) is 0 Å². The minimum absolute atomic E-state index is 0.111. The zero-order valence-electron chi connectivity index (χ0n) is 12.2. The van der Waals surface area contributed by atoms with Gasteiger partial charge in [-0.2, -0.15) is 0 Å². The third kappa shape index (κ3) is 3.10. The number of rotatable bonds is 1. The molecule has 1 saturated heterocycles. The summed E-state index contributed by atoms with van der Waals surface area (Å²) in [6, 6.07) is 3.43. The molecule has 0 spiro atoms. The molecule has 0 saturated carbocycles. The summed E-state index contributed by atoms with van der Waals surface area (Å²) >= 11 is 0. The smallest absolute Gasteiger partial charge is 0.257 e. The van der Waals surface area contributed by atoms with Gasteiger partial charge in [0.25, 0.3) is 5.91 Å². The number of nitrogens with zero attached hydrogens (tertiary/aromatic N) is 1. The first-order chi connectivity index (χ1) is 9.10. The van der Waals surface area contributed by atoms with Crippen LogP contribution in [0.25, 0.3) is 0 Å². The highest BCUT2D eigenvalue weighted by atomic mass is 19.1. The molecule has 1 aliphatic heterocycles. The van der Waals surface area contributed by atoms with Gasteiger partial charge in [0, 0.05) is 19.2 Å². The molecule has 1 aromatic carbocycles. The monoisotopic (exact) mass is 281 g/mol. The molecule has 1 fully saturated rings. The Morgan fingerprint density at radius 2 is 1.80 bits per heavy atom. The van der Waals surface area contributed by atoms with Gasteiger partial charge in [0.05, 0.1) is 16.8 Å². The molecule has 4 nitrogen and oxygen atoms in total. The lowest BCUT2D eigenvalue weighted by atomic mass is 9.98. The molecule has 0 aliphatic carbocycles. The van der Waals surface area contributed by atoms with Gasteiger partial charge in [0.15, 0.2) is 0 Å². The normalized spacial score (nSPS) is 20.8. The summed E-state index contributed by atoms with van der Waals surface area (Å²) in [5.41, 5.74) is -0.819. The molecule has 0 atom stereocenters. The fourth-order valence-electron chi connectivity index (χ4n) is 2.79. The molecule has 0 bridgehead atoms. The summed E-state index contributed by atoms with van der Waals surface area (Å²) in [5, 5.41) is 9.73. The van der Waals surface area contributed by atoms with Crippen molar-refractivity contribution in [3.63, 3.8) is 0 Å². The molecule has 1 heterocycles. The summed E-state index contributed by atoms with van der Waals surface area (Å²) in [6.07, 6.45) is 0. The third-order valence-corrected chi connectivity index (χ3v) is 3.17. The molecule has 1 aromatic rings. The van der Waals surface area contributed by atoms with Crippen molar-refractivity contribution in [1.29, 1.82) is 0 Å². The minimum atomic E-state index is -0.568. The molecular weight excluding hydrogens is 261 g/mol. The molecule has 20 heavy (non-hydrogen) atoms. The van der Waals surface area contributed by atoms with Crippen molar-refractivity contribution in [2.45, 2.75) is 38.9 Å². The van der Waals surface area contributed by atoms with Crippen LogP contribution in [0.1, 0.15) is 38.1 Å². The molecule has 110 valence electrons. The number of hydrogen-bond donors (Lipinski definition) is 1. The van der Waals surface area contributed by atoms with Crippen LogP contribution < -0.4 is 0 Å². The molecule has 0 aromatic heterocycles. The van der Waals surface area contributed by atoms with Crippen LogP contribution >= 0.6 is 0 Å². The largest absolute Gasteiger partial charge is 0.507 e. The molecule has 1 aliphatic rings. The Morgan fingerprint density at radius 3 is 2.30 bits per heavy atom. The summed E-state index contributed by atoms with van der Waals surface area (Å²) in [5.74, 6) is -1.22. The van der Waals surface area contributed by atoms with Crippen LogP contribution in [0.3, 0.4) is 0 Å². The van der Waals surface area contributed by atoms with Crippen LogP contribution in [-0.2, 0) is 4.74 Å². The number of aromatic hydroxyl groups is 1. The van der Waals surface area contributed by atoms with Crippen molar-refractivity contribution >= 4 is 5.91 Å². The number of hydrogen-bond acceptors (Lipinski definition) is 3. The number of ether oxygens (including phenoxy) is 1. The summed E-state index contributed by atoms with van der Waals surface area (Å²) in [6.45, 7) is 8.51. The van der Waals surface area contributed by atoms with Gasteiger partial charge in [-0.15, -0.1) is 0 Å². The van der Waals surface area contributed by atoms with Crippen LogP contribution in [-0.4, -0.2) is 40.2 Å². The van der Waals surface area contributed by atoms with E-state index in [2.05, 4.69) is 0 Å². The zero-order chi connectivity index (χ0) is 15.1. The Labute approximate surface area is 118 Å². The van der Waals surface area contributed by atoms with E-state index < -0.39 is 17.0 Å². The van der Waals surface area contributed by atoms with Gasteiger partial charge in [-0.25, -0.2) is 4.39 Å². The van der Waals surface area contributed by atoms with Crippen LogP contribution in [0.15, 0.2) is 18.2 Å². The van der Waals surface area contributed by atoms with Gasteiger partial charge >= 0.3 is 0 Å². The van der Waals surface area contributed by atoms with Crippen molar-refractivity contribution < 1.29 is 19.0 Å². The van der Waals surface area contributed by atoms with E-state index in [-0.39, 0.29) is 17.2 Å². The van der Waals surface area contributed by atoms with Crippen molar-refractivity contribution in [2.75, 3.05) is 13.1 Å². The first-order valence-electron chi connectivity index (χ1n) is 6.58. The molecule has 2 rings (SSSR count). The quantitative estimate of drug-likeness (QED) is 0.860. The summed E-state index contributed by atoms with van der Waals surface area (Å²) in [7, 11) is 0. The van der Waals surface area contributed by atoms with E-state index in [0.29, 0.717) is 13.1 Å². The van der Waals surface area contributed by atoms with Crippen molar-refractivity contribution in [3.05, 3.63) is 29.6 Å². The lowest BCUT2D eigenvalue weighted by molar-refractivity contribution is -0.171. The van der Waals surface area contributed by atoms with Crippen LogP contribution in [0.2, 0.25) is 0 Å². The predicted octanol–water partition coefficient (Wildman–Crippen LogP) is 2.56. The van der Waals surface area contributed by atoms with Gasteiger partial charge < -0.3 is 14.7 Å². The number of halogens is 1. The second-order valence-electron chi connectivity index (χ2n) is 6.44. The number of carbonyl (C=O) groups is 1. The fourth-order valence-corrected chi connectivity index (χ4v) is 2.79. The van der Waals surface area contributed by atoms with Gasteiger partial charge in [-0.1, -0.05) is 0 Å². The lowest BCUT2D eigenvalue weighted by Crippen LogP contribution is -2.58. The third-order valence-electron chi connectivity index (χ3n) is 3.17. The standard InChI is InChI=1S/C15H20FNO3/c1-14(2)8-17(9-15(3,4)20-14)13(19)11-6-5-10(16)7-12(11)18/h5-7,18H,8-9H2,1-4H3. The average molecular weight is 281 g/mol. The second kappa shape index (κ2) is 4.74. The SMILES string of the molecule is CC1(C)CN(C(=O)c2ccc(F)cc2O)CC(C)(C)O1. The van der Waals surface area contributed by atoms with Crippen LogP contribution in [0.5, 0.6) is 5.75 Å². The molecule has 0 unspecified atom stereocenters. The van der Waals surface area contributed by atoms with E-state index in [1.54, 1.807) is 4.90 Å². The highest BCUT2D eigenvalue weighted by Gasteiger charge is 2.40. The van der Waals surface area contributed by atoms with E-state index in [4.69, 9.17) is 4.74 Å². The van der Waals surface area contributed by atoms with E-state index in [0.717, 1.165) is 6.07 Å². The van der Waals surface area contributed by atoms with E-state index >= 15 is 0 Å². The average Bonchev–Trinajstić information content (AvgIpc) is 2.23. The van der Waals surface area contributed by atoms with E-state index in [1.807, 2.05) is 27.7 Å². The Balaban J connectivity index is 2.28. The van der Waals surface area contributed by atoms with E-state index in [9.17, 15) is 14.3 Å². The van der Waals surface area contributed by atoms with E-state index in [1.165, 1.54) is 12.1 Å². The Morgan fingerprint density at radius 1 is 1.25 bits per heavy atom. The molecule has 0 radical (unpaired) electrons. The number of morpholine rings is 1. The molecular formula is C15H20FNO3. The maximum atomic E-state index is 13.0. The second-order valence-corrected chi connectivity index (χ2v) is 6.44. The number of phenols is 1. The topological polar surface area (TPSA) is 49.8 Å². The minimum Gasteiger partial charge on any atom is -0.507 e. The fraction of sp³-hybridized carbons (Fsp3) is 0.533. The van der Waals surface area contributed by atoms with Crippen molar-refractivity contribution in [1.82, 2.24) is 4.90 Å². The van der Waals surface area contributed by atoms with Gasteiger partial charge in [-0.3, -0.25) is 4.79 Å². The summed E-state index contributed by atoms with van der Waals surface area (Å²) < 4.78 is 18.9. The van der Waals surface area contributed by atoms with Crippen molar-refractivity contribution in [3.8, 4) is 5.75 Å². The maximum absolute atomic E-state index is 13.0. The van der Waals surface area contributed by atoms with Gasteiger partial charge in [0.1, 0.15) is 11.6 Å². The Bertz CT molecular complexity index is 524. The van der Waals surface area contributed by atoms with Gasteiger partial charge in [0.2, 0.25) is 0 Å². The number of benzene rings is 1. The predicted molar refractivity (Wildman–Crippen MR) is 73.2 cm³/mol. The van der Waals surface area contributed by atoms with Gasteiger partial charge in [-0.05, 0) is 39.8 Å². The maximum Gasteiger partial charge on any atom is 0.257 e. The number of carbonyl (C=O) groups excluding carboxylic acids is 1. The lowest BCUT2D eigenvalue weighted by Gasteiger charge is -2.47. The number of amides is 1. The first-order valence-corrected chi connectivity index (χ1v) is 6.58. The first kappa shape index (κ1) is 14.8.